The van der Waals surface area contributed by atoms with Gasteiger partial charge in [-0.3, -0.25) is 9.59 Å². The predicted molar refractivity (Wildman–Crippen MR) is 91.4 cm³/mol. The Balaban J connectivity index is 2.80. The van der Waals surface area contributed by atoms with E-state index in [0.717, 1.165) is 19.4 Å². The van der Waals surface area contributed by atoms with Gasteiger partial charge in [-0.2, -0.15) is 0 Å². The lowest BCUT2D eigenvalue weighted by molar-refractivity contribution is -0.144. The third-order valence-electron chi connectivity index (χ3n) is 4.95. The molecule has 0 aromatic heterocycles. The van der Waals surface area contributed by atoms with Gasteiger partial charge < -0.3 is 21.1 Å². The van der Waals surface area contributed by atoms with Crippen LogP contribution in [0.2, 0.25) is 0 Å². The molecular weight excluding hydrogens is 310 g/mol. The van der Waals surface area contributed by atoms with E-state index in [-0.39, 0.29) is 23.8 Å². The van der Waals surface area contributed by atoms with Gasteiger partial charge in [0.25, 0.3) is 0 Å². The first-order valence-corrected chi connectivity index (χ1v) is 8.88. The number of hydrogen-bond acceptors (Lipinski definition) is 4. The lowest BCUT2D eigenvalue weighted by Gasteiger charge is -2.28. The van der Waals surface area contributed by atoms with E-state index in [4.69, 9.17) is 0 Å². The molecule has 1 heterocycles. The van der Waals surface area contributed by atoms with Crippen molar-refractivity contribution >= 4 is 17.8 Å². The van der Waals surface area contributed by atoms with Crippen LogP contribution in [-0.2, 0) is 14.4 Å². The number of hydrogen-bond donors (Lipinski definition) is 4. The third-order valence-corrected chi connectivity index (χ3v) is 4.95. The van der Waals surface area contributed by atoms with E-state index in [1.165, 1.54) is 0 Å². The number of carboxylic acid groups (broad SMARTS) is 1. The van der Waals surface area contributed by atoms with Crippen molar-refractivity contribution in [1.29, 1.82) is 0 Å². The van der Waals surface area contributed by atoms with Crippen molar-refractivity contribution in [2.24, 2.45) is 11.8 Å². The molecule has 5 unspecified atom stereocenters. The minimum atomic E-state index is -1.05. The monoisotopic (exact) mass is 341 g/mol. The predicted octanol–water partition coefficient (Wildman–Crippen LogP) is 0.885. The lowest BCUT2D eigenvalue weighted by Crippen LogP contribution is -2.57. The molecule has 1 saturated heterocycles. The Labute approximate surface area is 144 Å². The third kappa shape index (κ3) is 5.47. The molecule has 0 radical (unpaired) electrons. The van der Waals surface area contributed by atoms with Crippen molar-refractivity contribution < 1.29 is 19.5 Å². The van der Waals surface area contributed by atoms with Crippen molar-refractivity contribution in [1.82, 2.24) is 16.0 Å². The number of rotatable bonds is 9. The molecule has 0 aromatic carbocycles. The molecular formula is C17H31N3O4. The molecule has 0 saturated carbocycles. The van der Waals surface area contributed by atoms with Crippen molar-refractivity contribution in [2.75, 3.05) is 6.54 Å². The highest BCUT2D eigenvalue weighted by molar-refractivity contribution is 5.92. The topological polar surface area (TPSA) is 108 Å². The fourth-order valence-electron chi connectivity index (χ4n) is 2.79. The van der Waals surface area contributed by atoms with Crippen molar-refractivity contribution in [3.05, 3.63) is 0 Å². The first kappa shape index (κ1) is 20.4. The normalized spacial score (nSPS) is 22.2. The highest BCUT2D eigenvalue weighted by atomic mass is 16.4. The van der Waals surface area contributed by atoms with E-state index in [0.29, 0.717) is 12.8 Å². The van der Waals surface area contributed by atoms with Crippen LogP contribution in [0.15, 0.2) is 0 Å². The molecule has 1 fully saturated rings. The number of carboxylic acids is 1. The summed E-state index contributed by atoms with van der Waals surface area (Å²) in [4.78, 5) is 36.4. The van der Waals surface area contributed by atoms with Crippen LogP contribution in [-0.4, -0.2) is 47.6 Å². The maximum Gasteiger partial charge on any atom is 0.326 e. The average Bonchev–Trinajstić information content (AvgIpc) is 3.10. The standard InChI is InChI=1S/C17H31N3O4/c1-5-10(3)13(19-15(21)12-8-7-9-18-12)16(22)20-14(17(23)24)11(4)6-2/h10-14,18H,5-9H2,1-4H3,(H,19,21)(H,20,22)(H,23,24). The van der Waals surface area contributed by atoms with Crippen LogP contribution in [0, 0.1) is 11.8 Å². The Kier molecular flexibility index (Phi) is 8.18. The van der Waals surface area contributed by atoms with Crippen molar-refractivity contribution in [3.63, 3.8) is 0 Å². The fourth-order valence-corrected chi connectivity index (χ4v) is 2.79. The van der Waals surface area contributed by atoms with Gasteiger partial charge in [-0.15, -0.1) is 0 Å². The first-order chi connectivity index (χ1) is 11.3. The van der Waals surface area contributed by atoms with Gasteiger partial charge in [0, 0.05) is 0 Å². The summed E-state index contributed by atoms with van der Waals surface area (Å²) in [6.45, 7) is 8.29. The van der Waals surface area contributed by atoms with Gasteiger partial charge in [0.15, 0.2) is 0 Å². The van der Waals surface area contributed by atoms with Crippen LogP contribution in [0.4, 0.5) is 0 Å². The number of carbonyl (C=O) groups excluding carboxylic acids is 2. The first-order valence-electron chi connectivity index (χ1n) is 8.88. The molecule has 0 spiro atoms. The Morgan fingerprint density at radius 3 is 2.12 bits per heavy atom. The van der Waals surface area contributed by atoms with E-state index >= 15 is 0 Å². The molecule has 4 N–H and O–H groups in total. The molecule has 7 nitrogen and oxygen atoms in total. The van der Waals surface area contributed by atoms with E-state index in [2.05, 4.69) is 16.0 Å². The maximum atomic E-state index is 12.6. The molecule has 1 aliphatic heterocycles. The number of carbonyl (C=O) groups is 3. The molecule has 1 aliphatic rings. The Hall–Kier alpha value is -1.63. The van der Waals surface area contributed by atoms with Gasteiger partial charge in [-0.25, -0.2) is 4.79 Å². The van der Waals surface area contributed by atoms with Gasteiger partial charge in [0.1, 0.15) is 12.1 Å². The van der Waals surface area contributed by atoms with Crippen LogP contribution in [0.5, 0.6) is 0 Å². The SMILES string of the molecule is CCC(C)C(NC(=O)C(NC(=O)C1CCCN1)C(C)CC)C(=O)O. The summed E-state index contributed by atoms with van der Waals surface area (Å²) in [5.74, 6) is -1.94. The summed E-state index contributed by atoms with van der Waals surface area (Å²) >= 11 is 0. The molecule has 0 bridgehead atoms. The fraction of sp³-hybridized carbons (Fsp3) is 0.824. The van der Waals surface area contributed by atoms with Crippen LogP contribution in [0.25, 0.3) is 0 Å². The number of nitrogens with one attached hydrogen (secondary N) is 3. The van der Waals surface area contributed by atoms with Gasteiger partial charge in [-0.1, -0.05) is 40.5 Å². The zero-order valence-electron chi connectivity index (χ0n) is 15.1. The second kappa shape index (κ2) is 9.61. The molecule has 1 rings (SSSR count). The zero-order chi connectivity index (χ0) is 18.3. The Morgan fingerprint density at radius 2 is 1.67 bits per heavy atom. The molecule has 0 aromatic rings. The van der Waals surface area contributed by atoms with E-state index in [1.54, 1.807) is 6.92 Å². The van der Waals surface area contributed by atoms with E-state index in [9.17, 15) is 19.5 Å². The van der Waals surface area contributed by atoms with Gasteiger partial charge in [0.2, 0.25) is 11.8 Å². The van der Waals surface area contributed by atoms with Crippen LogP contribution < -0.4 is 16.0 Å². The highest BCUT2D eigenvalue weighted by Gasteiger charge is 2.33. The largest absolute Gasteiger partial charge is 0.480 e. The summed E-state index contributed by atoms with van der Waals surface area (Å²) in [5, 5.41) is 17.9. The van der Waals surface area contributed by atoms with Crippen LogP contribution >= 0.6 is 0 Å². The zero-order valence-corrected chi connectivity index (χ0v) is 15.1. The minimum Gasteiger partial charge on any atom is -0.480 e. The summed E-state index contributed by atoms with van der Waals surface area (Å²) in [5.41, 5.74) is 0. The van der Waals surface area contributed by atoms with Gasteiger partial charge in [-0.05, 0) is 31.2 Å². The minimum absolute atomic E-state index is 0.0817. The van der Waals surface area contributed by atoms with Gasteiger partial charge in [0.05, 0.1) is 6.04 Å². The van der Waals surface area contributed by atoms with Gasteiger partial charge >= 0.3 is 5.97 Å². The quantitative estimate of drug-likeness (QED) is 0.498. The summed E-state index contributed by atoms with van der Waals surface area (Å²) in [6.07, 6.45) is 3.04. The Morgan fingerprint density at radius 1 is 1.08 bits per heavy atom. The highest BCUT2D eigenvalue weighted by Crippen LogP contribution is 2.13. The van der Waals surface area contributed by atoms with Crippen LogP contribution in [0.1, 0.15) is 53.4 Å². The van der Waals surface area contributed by atoms with Crippen molar-refractivity contribution in [2.45, 2.75) is 71.5 Å². The van der Waals surface area contributed by atoms with E-state index in [1.807, 2.05) is 20.8 Å². The number of aliphatic carboxylic acids is 1. The molecule has 2 amide bonds. The molecule has 7 heteroatoms. The average molecular weight is 341 g/mol. The van der Waals surface area contributed by atoms with Crippen LogP contribution in [0.3, 0.4) is 0 Å². The lowest BCUT2D eigenvalue weighted by atomic mass is 9.95. The second-order valence-electron chi connectivity index (χ2n) is 6.73. The molecule has 0 aliphatic carbocycles. The summed E-state index contributed by atoms with van der Waals surface area (Å²) < 4.78 is 0. The van der Waals surface area contributed by atoms with Crippen molar-refractivity contribution in [3.8, 4) is 0 Å². The molecule has 138 valence electrons. The second-order valence-corrected chi connectivity index (χ2v) is 6.73. The Bertz CT molecular complexity index is 449. The number of amides is 2. The molecule has 24 heavy (non-hydrogen) atoms. The smallest absolute Gasteiger partial charge is 0.326 e. The maximum absolute atomic E-state index is 12.6. The summed E-state index contributed by atoms with van der Waals surface area (Å²) in [7, 11) is 0. The van der Waals surface area contributed by atoms with E-state index < -0.39 is 24.0 Å². The molecule has 5 atom stereocenters. The summed E-state index contributed by atoms with van der Waals surface area (Å²) in [6, 6.07) is -1.94.